The van der Waals surface area contributed by atoms with Gasteiger partial charge in [0.05, 0.1) is 0 Å². The van der Waals surface area contributed by atoms with Crippen LogP contribution in [0.25, 0.3) is 0 Å². The molecular formula is C17H29NS. The Bertz CT molecular complexity index is 312. The topological polar surface area (TPSA) is 12.0 Å². The van der Waals surface area contributed by atoms with Gasteiger partial charge in [0.15, 0.2) is 0 Å². The standard InChI is InChI=1S/C17H29NS/c1-2-11-18-16(14-17-10-7-12-19-17)13-15-8-5-3-4-6-9-15/h7,10,12,15-16,18H,2-6,8-9,11,13-14H2,1H3. The smallest absolute Gasteiger partial charge is 0.0118 e. The quantitative estimate of drug-likeness (QED) is 0.691. The number of nitrogens with one attached hydrogen (secondary N) is 1. The van der Waals surface area contributed by atoms with Gasteiger partial charge in [-0.1, -0.05) is 51.5 Å². The number of thiophene rings is 1. The minimum Gasteiger partial charge on any atom is -0.314 e. The van der Waals surface area contributed by atoms with Crippen LogP contribution >= 0.6 is 11.3 Å². The Morgan fingerprint density at radius 2 is 2.05 bits per heavy atom. The van der Waals surface area contributed by atoms with Gasteiger partial charge in [-0.25, -0.2) is 0 Å². The first kappa shape index (κ1) is 15.1. The van der Waals surface area contributed by atoms with Crippen molar-refractivity contribution in [1.82, 2.24) is 5.32 Å². The molecule has 1 unspecified atom stereocenters. The fraction of sp³-hybridized carbons (Fsp3) is 0.765. The maximum atomic E-state index is 3.78. The van der Waals surface area contributed by atoms with Crippen LogP contribution in [0.15, 0.2) is 17.5 Å². The molecule has 1 aromatic heterocycles. The van der Waals surface area contributed by atoms with Crippen molar-refractivity contribution < 1.29 is 0 Å². The van der Waals surface area contributed by atoms with Crippen molar-refractivity contribution in [2.45, 2.75) is 70.8 Å². The Hall–Kier alpha value is -0.340. The average molecular weight is 279 g/mol. The van der Waals surface area contributed by atoms with Gasteiger partial charge in [-0.05, 0) is 43.2 Å². The molecule has 0 amide bonds. The molecule has 1 heterocycles. The van der Waals surface area contributed by atoms with E-state index >= 15 is 0 Å². The number of hydrogen-bond acceptors (Lipinski definition) is 2. The lowest BCUT2D eigenvalue weighted by Gasteiger charge is -2.23. The first-order valence-electron chi connectivity index (χ1n) is 8.14. The summed E-state index contributed by atoms with van der Waals surface area (Å²) < 4.78 is 0. The van der Waals surface area contributed by atoms with Crippen LogP contribution in [-0.2, 0) is 6.42 Å². The second-order valence-electron chi connectivity index (χ2n) is 6.03. The largest absolute Gasteiger partial charge is 0.314 e. The SMILES string of the molecule is CCCNC(Cc1cccs1)CC1CCCCCC1. The fourth-order valence-electron chi connectivity index (χ4n) is 3.26. The van der Waals surface area contributed by atoms with Gasteiger partial charge in [-0.3, -0.25) is 0 Å². The zero-order chi connectivity index (χ0) is 13.3. The zero-order valence-electron chi connectivity index (χ0n) is 12.4. The lowest BCUT2D eigenvalue weighted by atomic mass is 9.91. The molecule has 2 heteroatoms. The van der Waals surface area contributed by atoms with E-state index in [1.165, 1.54) is 64.3 Å². The molecule has 1 aromatic rings. The second-order valence-corrected chi connectivity index (χ2v) is 7.06. The summed E-state index contributed by atoms with van der Waals surface area (Å²) in [5, 5.41) is 5.99. The predicted octanol–water partition coefficient (Wildman–Crippen LogP) is 5.02. The van der Waals surface area contributed by atoms with Crippen LogP contribution < -0.4 is 5.32 Å². The van der Waals surface area contributed by atoms with Crippen LogP contribution in [0.2, 0.25) is 0 Å². The molecule has 0 aliphatic heterocycles. The maximum absolute atomic E-state index is 3.78. The van der Waals surface area contributed by atoms with Crippen molar-refractivity contribution in [3.05, 3.63) is 22.4 Å². The van der Waals surface area contributed by atoms with Gasteiger partial charge in [0.25, 0.3) is 0 Å². The monoisotopic (exact) mass is 279 g/mol. The summed E-state index contributed by atoms with van der Waals surface area (Å²) in [6.07, 6.45) is 12.7. The van der Waals surface area contributed by atoms with E-state index in [4.69, 9.17) is 0 Å². The highest BCUT2D eigenvalue weighted by molar-refractivity contribution is 7.09. The molecule has 0 spiro atoms. The molecule has 1 saturated carbocycles. The summed E-state index contributed by atoms with van der Waals surface area (Å²) >= 11 is 1.91. The van der Waals surface area contributed by atoms with Crippen molar-refractivity contribution in [3.8, 4) is 0 Å². The Morgan fingerprint density at radius 1 is 1.26 bits per heavy atom. The molecule has 1 N–H and O–H groups in total. The first-order chi connectivity index (χ1) is 9.38. The van der Waals surface area contributed by atoms with Crippen LogP contribution in [0, 0.1) is 5.92 Å². The van der Waals surface area contributed by atoms with Crippen molar-refractivity contribution in [3.63, 3.8) is 0 Å². The summed E-state index contributed by atoms with van der Waals surface area (Å²) in [5.74, 6) is 0.969. The van der Waals surface area contributed by atoms with Gasteiger partial charge in [0, 0.05) is 10.9 Å². The lowest BCUT2D eigenvalue weighted by molar-refractivity contribution is 0.350. The summed E-state index contributed by atoms with van der Waals surface area (Å²) in [7, 11) is 0. The average Bonchev–Trinajstić information content (AvgIpc) is 2.79. The molecule has 0 radical (unpaired) electrons. The van der Waals surface area contributed by atoms with E-state index in [-0.39, 0.29) is 0 Å². The molecule has 108 valence electrons. The summed E-state index contributed by atoms with van der Waals surface area (Å²) in [5.41, 5.74) is 0. The molecular weight excluding hydrogens is 250 g/mol. The number of rotatable bonds is 7. The van der Waals surface area contributed by atoms with Crippen molar-refractivity contribution in [2.24, 2.45) is 5.92 Å². The van der Waals surface area contributed by atoms with Crippen LogP contribution in [0.1, 0.15) is 63.2 Å². The van der Waals surface area contributed by atoms with Gasteiger partial charge < -0.3 is 5.32 Å². The highest BCUT2D eigenvalue weighted by Crippen LogP contribution is 2.27. The van der Waals surface area contributed by atoms with Crippen LogP contribution in [0.5, 0.6) is 0 Å². The zero-order valence-corrected chi connectivity index (χ0v) is 13.2. The molecule has 1 fully saturated rings. The van der Waals surface area contributed by atoms with E-state index in [0.717, 1.165) is 5.92 Å². The minimum absolute atomic E-state index is 0.696. The van der Waals surface area contributed by atoms with Crippen LogP contribution in [0.3, 0.4) is 0 Å². The Kier molecular flexibility index (Phi) is 6.94. The Labute approximate surface area is 122 Å². The van der Waals surface area contributed by atoms with E-state index in [1.807, 2.05) is 11.3 Å². The van der Waals surface area contributed by atoms with Gasteiger partial charge in [-0.15, -0.1) is 11.3 Å². The van der Waals surface area contributed by atoms with Crippen molar-refractivity contribution >= 4 is 11.3 Å². The molecule has 1 atom stereocenters. The van der Waals surface area contributed by atoms with E-state index in [0.29, 0.717) is 6.04 Å². The van der Waals surface area contributed by atoms with E-state index in [2.05, 4.69) is 29.8 Å². The van der Waals surface area contributed by atoms with Gasteiger partial charge in [-0.2, -0.15) is 0 Å². The molecule has 19 heavy (non-hydrogen) atoms. The van der Waals surface area contributed by atoms with Gasteiger partial charge in [0.1, 0.15) is 0 Å². The third-order valence-corrected chi connectivity index (χ3v) is 5.20. The molecule has 1 aliphatic carbocycles. The van der Waals surface area contributed by atoms with E-state index < -0.39 is 0 Å². The molecule has 1 nitrogen and oxygen atoms in total. The van der Waals surface area contributed by atoms with Gasteiger partial charge >= 0.3 is 0 Å². The van der Waals surface area contributed by atoms with Crippen LogP contribution in [0.4, 0.5) is 0 Å². The Balaban J connectivity index is 1.84. The fourth-order valence-corrected chi connectivity index (χ4v) is 4.05. The lowest BCUT2D eigenvalue weighted by Crippen LogP contribution is -2.33. The summed E-state index contributed by atoms with van der Waals surface area (Å²) in [6.45, 7) is 3.43. The molecule has 0 saturated heterocycles. The normalized spacial score (nSPS) is 19.2. The highest BCUT2D eigenvalue weighted by Gasteiger charge is 2.18. The van der Waals surface area contributed by atoms with Crippen molar-refractivity contribution in [1.29, 1.82) is 0 Å². The maximum Gasteiger partial charge on any atom is 0.0118 e. The molecule has 0 aromatic carbocycles. The van der Waals surface area contributed by atoms with E-state index in [9.17, 15) is 0 Å². The third kappa shape index (κ3) is 5.66. The third-order valence-electron chi connectivity index (χ3n) is 4.30. The van der Waals surface area contributed by atoms with Crippen LogP contribution in [-0.4, -0.2) is 12.6 Å². The van der Waals surface area contributed by atoms with Gasteiger partial charge in [0.2, 0.25) is 0 Å². The number of hydrogen-bond donors (Lipinski definition) is 1. The van der Waals surface area contributed by atoms with Crippen molar-refractivity contribution in [2.75, 3.05) is 6.54 Å². The summed E-state index contributed by atoms with van der Waals surface area (Å²) in [6, 6.07) is 5.17. The predicted molar refractivity (Wildman–Crippen MR) is 85.9 cm³/mol. The molecule has 0 bridgehead atoms. The first-order valence-corrected chi connectivity index (χ1v) is 9.02. The highest BCUT2D eigenvalue weighted by atomic mass is 32.1. The summed E-state index contributed by atoms with van der Waals surface area (Å²) in [4.78, 5) is 1.54. The second kappa shape index (κ2) is 8.76. The Morgan fingerprint density at radius 3 is 2.68 bits per heavy atom. The molecule has 2 rings (SSSR count). The van der Waals surface area contributed by atoms with E-state index in [1.54, 1.807) is 4.88 Å². The molecule has 1 aliphatic rings. The minimum atomic E-state index is 0.696.